The predicted molar refractivity (Wildman–Crippen MR) is 66.3 cm³/mol. The van der Waals surface area contributed by atoms with E-state index in [1.807, 2.05) is 12.1 Å². The molecule has 0 bridgehead atoms. The highest BCUT2D eigenvalue weighted by molar-refractivity contribution is 5.73. The number of nitrogens with two attached hydrogens (primary N) is 1. The summed E-state index contributed by atoms with van der Waals surface area (Å²) in [7, 11) is 0. The van der Waals surface area contributed by atoms with Gasteiger partial charge in [-0.2, -0.15) is 0 Å². The van der Waals surface area contributed by atoms with Gasteiger partial charge in [0, 0.05) is 31.0 Å². The predicted octanol–water partition coefficient (Wildman–Crippen LogP) is 0.930. The zero-order chi connectivity index (χ0) is 13.0. The second kappa shape index (κ2) is 5.93. The molecule has 1 aliphatic rings. The van der Waals surface area contributed by atoms with Gasteiger partial charge in [0.15, 0.2) is 0 Å². The van der Waals surface area contributed by atoms with Crippen molar-refractivity contribution >= 4 is 5.97 Å². The first-order chi connectivity index (χ1) is 8.66. The number of hydrogen-bond acceptors (Lipinski definition) is 4. The summed E-state index contributed by atoms with van der Waals surface area (Å²) in [6.45, 7) is 1.58. The second-order valence-corrected chi connectivity index (χ2v) is 4.63. The van der Waals surface area contributed by atoms with Crippen molar-refractivity contribution in [3.63, 3.8) is 0 Å². The number of carboxylic acid groups (broad SMARTS) is 1. The summed E-state index contributed by atoms with van der Waals surface area (Å²) in [6.07, 6.45) is 4.05. The van der Waals surface area contributed by atoms with E-state index in [0.717, 1.165) is 37.3 Å². The lowest BCUT2D eigenvalue weighted by Gasteiger charge is -2.21. The molecule has 18 heavy (non-hydrogen) atoms. The fraction of sp³-hybridized carbons (Fsp3) is 0.538. The van der Waals surface area contributed by atoms with Crippen molar-refractivity contribution in [3.05, 3.63) is 29.6 Å². The van der Waals surface area contributed by atoms with Gasteiger partial charge in [-0.05, 0) is 30.9 Å². The molecule has 2 rings (SSSR count). The Morgan fingerprint density at radius 1 is 1.50 bits per heavy atom. The number of aliphatic carboxylic acids is 1. The number of ether oxygens (including phenoxy) is 1. The summed E-state index contributed by atoms with van der Waals surface area (Å²) >= 11 is 0. The minimum absolute atomic E-state index is 0.316. The maximum absolute atomic E-state index is 10.7. The molecule has 2 heterocycles. The van der Waals surface area contributed by atoms with Crippen LogP contribution in [-0.4, -0.2) is 35.3 Å². The summed E-state index contributed by atoms with van der Waals surface area (Å²) in [5, 5.41) is 8.74. The van der Waals surface area contributed by atoms with Crippen LogP contribution in [-0.2, 0) is 16.0 Å². The monoisotopic (exact) mass is 250 g/mol. The van der Waals surface area contributed by atoms with Gasteiger partial charge in [0.25, 0.3) is 0 Å². The first-order valence-electron chi connectivity index (χ1n) is 6.18. The van der Waals surface area contributed by atoms with Gasteiger partial charge in [-0.25, -0.2) is 0 Å². The average molecular weight is 250 g/mol. The highest BCUT2D eigenvalue weighted by atomic mass is 16.5. The fourth-order valence-corrected chi connectivity index (χ4v) is 2.13. The number of carbonyl (C=O) groups is 1. The Balaban J connectivity index is 1.98. The highest BCUT2D eigenvalue weighted by Crippen LogP contribution is 2.25. The first kappa shape index (κ1) is 13.0. The third kappa shape index (κ3) is 3.27. The molecule has 3 N–H and O–H groups in total. The van der Waals surface area contributed by atoms with E-state index in [0.29, 0.717) is 12.3 Å². The van der Waals surface area contributed by atoms with Crippen LogP contribution in [0.3, 0.4) is 0 Å². The molecule has 1 fully saturated rings. The van der Waals surface area contributed by atoms with Crippen LogP contribution in [0.1, 0.15) is 30.0 Å². The number of aromatic nitrogens is 1. The van der Waals surface area contributed by atoms with Crippen molar-refractivity contribution in [1.29, 1.82) is 0 Å². The Hall–Kier alpha value is -1.46. The van der Waals surface area contributed by atoms with E-state index >= 15 is 0 Å². The molecule has 1 saturated heterocycles. The van der Waals surface area contributed by atoms with Crippen molar-refractivity contribution in [2.24, 2.45) is 5.73 Å². The molecule has 1 aromatic heterocycles. The second-order valence-electron chi connectivity index (χ2n) is 4.63. The molecular weight excluding hydrogens is 232 g/mol. The van der Waals surface area contributed by atoms with Crippen LogP contribution in [0.15, 0.2) is 18.3 Å². The molecule has 0 radical (unpaired) electrons. The van der Waals surface area contributed by atoms with Gasteiger partial charge >= 0.3 is 5.97 Å². The molecule has 1 unspecified atom stereocenters. The van der Waals surface area contributed by atoms with Gasteiger partial charge in [-0.1, -0.05) is 6.07 Å². The smallest absolute Gasteiger partial charge is 0.320 e. The van der Waals surface area contributed by atoms with E-state index in [1.165, 1.54) is 0 Å². The molecule has 1 atom stereocenters. The standard InChI is InChI=1S/C13H18N2O3/c14-11(13(16)17)7-9-1-2-12(15-8-9)10-3-5-18-6-4-10/h1-2,8,10-11H,3-7,14H2,(H,16,17). The molecule has 5 heteroatoms. The normalized spacial score (nSPS) is 18.5. The Kier molecular flexibility index (Phi) is 4.28. The third-order valence-corrected chi connectivity index (χ3v) is 3.26. The van der Waals surface area contributed by atoms with Gasteiger partial charge < -0.3 is 15.6 Å². The number of carboxylic acids is 1. The highest BCUT2D eigenvalue weighted by Gasteiger charge is 2.17. The number of hydrogen-bond donors (Lipinski definition) is 2. The Labute approximate surface area is 106 Å². The lowest BCUT2D eigenvalue weighted by molar-refractivity contribution is -0.138. The van der Waals surface area contributed by atoms with Crippen LogP contribution in [0.2, 0.25) is 0 Å². The van der Waals surface area contributed by atoms with Crippen molar-refractivity contribution in [1.82, 2.24) is 4.98 Å². The van der Waals surface area contributed by atoms with E-state index in [4.69, 9.17) is 15.6 Å². The van der Waals surface area contributed by atoms with Crippen LogP contribution < -0.4 is 5.73 Å². The van der Waals surface area contributed by atoms with Crippen LogP contribution >= 0.6 is 0 Å². The van der Waals surface area contributed by atoms with E-state index in [9.17, 15) is 4.79 Å². The van der Waals surface area contributed by atoms with Crippen molar-refractivity contribution in [2.45, 2.75) is 31.2 Å². The van der Waals surface area contributed by atoms with E-state index in [1.54, 1.807) is 6.20 Å². The maximum Gasteiger partial charge on any atom is 0.320 e. The topological polar surface area (TPSA) is 85.4 Å². The van der Waals surface area contributed by atoms with Gasteiger partial charge in [0.2, 0.25) is 0 Å². The van der Waals surface area contributed by atoms with Gasteiger partial charge in [-0.3, -0.25) is 9.78 Å². The molecule has 5 nitrogen and oxygen atoms in total. The van der Waals surface area contributed by atoms with E-state index in [-0.39, 0.29) is 0 Å². The maximum atomic E-state index is 10.7. The molecule has 1 aromatic rings. The molecular formula is C13H18N2O3. The van der Waals surface area contributed by atoms with Crippen LogP contribution in [0.5, 0.6) is 0 Å². The number of rotatable bonds is 4. The van der Waals surface area contributed by atoms with Crippen molar-refractivity contribution in [2.75, 3.05) is 13.2 Å². The Morgan fingerprint density at radius 3 is 2.78 bits per heavy atom. The molecule has 0 aliphatic carbocycles. The third-order valence-electron chi connectivity index (χ3n) is 3.26. The van der Waals surface area contributed by atoms with Crippen molar-refractivity contribution in [3.8, 4) is 0 Å². The molecule has 1 aliphatic heterocycles. The fourth-order valence-electron chi connectivity index (χ4n) is 2.13. The minimum atomic E-state index is -0.983. The molecule has 0 aromatic carbocycles. The van der Waals surface area contributed by atoms with Gasteiger partial charge in [0.05, 0.1) is 0 Å². The summed E-state index contributed by atoms with van der Waals surface area (Å²) in [6, 6.07) is 3.03. The molecule has 98 valence electrons. The first-order valence-corrected chi connectivity index (χ1v) is 6.18. The summed E-state index contributed by atoms with van der Waals surface area (Å²) < 4.78 is 5.31. The Morgan fingerprint density at radius 2 is 2.22 bits per heavy atom. The minimum Gasteiger partial charge on any atom is -0.480 e. The van der Waals surface area contributed by atoms with E-state index < -0.39 is 12.0 Å². The number of pyridine rings is 1. The van der Waals surface area contributed by atoms with Crippen LogP contribution in [0.4, 0.5) is 0 Å². The largest absolute Gasteiger partial charge is 0.480 e. The quantitative estimate of drug-likeness (QED) is 0.830. The zero-order valence-corrected chi connectivity index (χ0v) is 10.2. The summed E-state index contributed by atoms with van der Waals surface area (Å²) in [5.41, 5.74) is 7.41. The summed E-state index contributed by atoms with van der Waals surface area (Å²) in [5.74, 6) is -0.524. The van der Waals surface area contributed by atoms with Gasteiger partial charge in [0.1, 0.15) is 6.04 Å². The SMILES string of the molecule is NC(Cc1ccc(C2CCOCC2)nc1)C(=O)O. The van der Waals surface area contributed by atoms with Crippen LogP contribution in [0.25, 0.3) is 0 Å². The number of nitrogens with zero attached hydrogens (tertiary/aromatic N) is 1. The average Bonchev–Trinajstić information content (AvgIpc) is 2.40. The van der Waals surface area contributed by atoms with Crippen molar-refractivity contribution < 1.29 is 14.6 Å². The lowest BCUT2D eigenvalue weighted by Crippen LogP contribution is -2.32. The summed E-state index contributed by atoms with van der Waals surface area (Å²) in [4.78, 5) is 15.1. The lowest BCUT2D eigenvalue weighted by atomic mass is 9.95. The van der Waals surface area contributed by atoms with Gasteiger partial charge in [-0.15, -0.1) is 0 Å². The Bertz CT molecular complexity index is 399. The zero-order valence-electron chi connectivity index (χ0n) is 10.2. The molecule has 0 saturated carbocycles. The van der Waals surface area contributed by atoms with Crippen LogP contribution in [0, 0.1) is 0 Å². The molecule has 0 amide bonds. The molecule has 0 spiro atoms. The van der Waals surface area contributed by atoms with E-state index in [2.05, 4.69) is 4.98 Å².